The molecule has 1 aromatic carbocycles. The zero-order valence-electron chi connectivity index (χ0n) is 16.6. The van der Waals surface area contributed by atoms with Crippen LogP contribution in [0.1, 0.15) is 32.3 Å². The molecule has 1 aromatic rings. The number of allylic oxidation sites excluding steroid dienone is 2. The molecule has 28 heavy (non-hydrogen) atoms. The quantitative estimate of drug-likeness (QED) is 0.315. The van der Waals surface area contributed by atoms with Crippen molar-refractivity contribution in [3.63, 3.8) is 0 Å². The maximum atomic E-state index is 13.0. The van der Waals surface area contributed by atoms with Crippen molar-refractivity contribution >= 4 is 22.2 Å². The highest BCUT2D eigenvalue weighted by Crippen LogP contribution is 2.57. The number of hydrogen-bond acceptors (Lipinski definition) is 5. The minimum Gasteiger partial charge on any atom is -0.466 e. The molecule has 0 aliphatic heterocycles. The van der Waals surface area contributed by atoms with Crippen molar-refractivity contribution in [2.45, 2.75) is 38.5 Å². The summed E-state index contributed by atoms with van der Waals surface area (Å²) in [5.74, 6) is 0.441. The van der Waals surface area contributed by atoms with Crippen molar-refractivity contribution in [1.29, 1.82) is 0 Å². The fraction of sp³-hybridized carbons (Fsp3) is 0.429. The van der Waals surface area contributed by atoms with Gasteiger partial charge in [-0.2, -0.15) is 17.9 Å². The normalized spacial score (nSPS) is 23.4. The highest BCUT2D eigenvalue weighted by Gasteiger charge is 2.49. The Balaban J connectivity index is 1.88. The second-order valence-electron chi connectivity index (χ2n) is 7.98. The fourth-order valence-electron chi connectivity index (χ4n) is 3.71. The third-order valence-corrected chi connectivity index (χ3v) is 7.46. The van der Waals surface area contributed by atoms with Crippen molar-refractivity contribution in [2.24, 2.45) is 22.4 Å². The van der Waals surface area contributed by atoms with Crippen LogP contribution in [0.15, 0.2) is 58.2 Å². The number of hydrazone groups is 1. The second kappa shape index (κ2) is 7.54. The first-order valence-corrected chi connectivity index (χ1v) is 10.7. The molecule has 0 aromatic heterocycles. The highest BCUT2D eigenvalue weighted by molar-refractivity contribution is 7.89. The van der Waals surface area contributed by atoms with Gasteiger partial charge in [-0.3, -0.25) is 0 Å². The number of sulfonamides is 1. The van der Waals surface area contributed by atoms with Crippen LogP contribution in [0.5, 0.6) is 0 Å². The minimum absolute atomic E-state index is 0.103. The van der Waals surface area contributed by atoms with E-state index in [1.807, 2.05) is 6.92 Å². The van der Waals surface area contributed by atoms with E-state index in [9.17, 15) is 13.2 Å². The third-order valence-electron chi connectivity index (χ3n) is 5.89. The molecule has 0 saturated heterocycles. The lowest BCUT2D eigenvalue weighted by atomic mass is 9.50. The topological polar surface area (TPSA) is 76.0 Å². The maximum absolute atomic E-state index is 13.0. The van der Waals surface area contributed by atoms with Gasteiger partial charge in [-0.25, -0.2) is 4.79 Å². The SMILES string of the molecule is COC(=O)/C=C\N(/N=C/C1=CC2CC(C1)C2(C)C)S(=O)(=O)c1ccc(C)cc1. The Morgan fingerprint density at radius 2 is 1.96 bits per heavy atom. The number of hydrogen-bond donors (Lipinski definition) is 0. The van der Waals surface area contributed by atoms with Crippen molar-refractivity contribution in [1.82, 2.24) is 4.41 Å². The van der Waals surface area contributed by atoms with Crippen LogP contribution in [0.3, 0.4) is 0 Å². The summed E-state index contributed by atoms with van der Waals surface area (Å²) < 4.78 is 31.3. The monoisotopic (exact) mass is 402 g/mol. The van der Waals surface area contributed by atoms with E-state index in [0.29, 0.717) is 17.3 Å². The average molecular weight is 403 g/mol. The van der Waals surface area contributed by atoms with Crippen molar-refractivity contribution < 1.29 is 17.9 Å². The highest BCUT2D eigenvalue weighted by atomic mass is 32.2. The van der Waals surface area contributed by atoms with Gasteiger partial charge in [0, 0.05) is 12.3 Å². The molecule has 0 spiro atoms. The predicted octanol–water partition coefficient (Wildman–Crippen LogP) is 3.65. The molecule has 2 unspecified atom stereocenters. The molecule has 6 nitrogen and oxygen atoms in total. The first kappa shape index (κ1) is 20.3. The van der Waals surface area contributed by atoms with Gasteiger partial charge in [0.1, 0.15) is 0 Å². The van der Waals surface area contributed by atoms with Crippen molar-refractivity contribution in [3.05, 3.63) is 53.8 Å². The molecular formula is C21H26N2O4S. The predicted molar refractivity (Wildman–Crippen MR) is 108 cm³/mol. The van der Waals surface area contributed by atoms with Crippen LogP contribution >= 0.6 is 0 Å². The van der Waals surface area contributed by atoms with Gasteiger partial charge in [0.2, 0.25) is 0 Å². The van der Waals surface area contributed by atoms with Gasteiger partial charge >= 0.3 is 5.97 Å². The zero-order chi connectivity index (χ0) is 20.5. The molecule has 150 valence electrons. The van der Waals surface area contributed by atoms with Crippen LogP contribution in [0, 0.1) is 24.2 Å². The molecule has 2 bridgehead atoms. The van der Waals surface area contributed by atoms with E-state index in [4.69, 9.17) is 0 Å². The average Bonchev–Trinajstić information content (AvgIpc) is 2.67. The van der Waals surface area contributed by atoms with Crippen LogP contribution in [-0.4, -0.2) is 32.1 Å². The molecule has 3 aliphatic rings. The zero-order valence-corrected chi connectivity index (χ0v) is 17.4. The van der Waals surface area contributed by atoms with Gasteiger partial charge in [0.25, 0.3) is 10.0 Å². The molecule has 0 radical (unpaired) electrons. The summed E-state index contributed by atoms with van der Waals surface area (Å²) in [5, 5.41) is 4.18. The number of esters is 1. The maximum Gasteiger partial charge on any atom is 0.332 e. The Bertz CT molecular complexity index is 943. The molecule has 0 amide bonds. The summed E-state index contributed by atoms with van der Waals surface area (Å²) in [7, 11) is -2.70. The van der Waals surface area contributed by atoms with E-state index in [1.165, 1.54) is 25.7 Å². The van der Waals surface area contributed by atoms with Crippen molar-refractivity contribution in [3.8, 4) is 0 Å². The number of methoxy groups -OCH3 is 1. The molecule has 4 rings (SSSR count). The second-order valence-corrected chi connectivity index (χ2v) is 9.78. The minimum atomic E-state index is -3.93. The molecular weight excluding hydrogens is 376 g/mol. The lowest BCUT2D eigenvalue weighted by molar-refractivity contribution is -0.134. The molecule has 7 heteroatoms. The Morgan fingerprint density at radius 1 is 1.29 bits per heavy atom. The molecule has 0 heterocycles. The summed E-state index contributed by atoms with van der Waals surface area (Å²) >= 11 is 0. The summed E-state index contributed by atoms with van der Waals surface area (Å²) in [4.78, 5) is 11.6. The molecule has 0 N–H and O–H groups in total. The smallest absolute Gasteiger partial charge is 0.332 e. The standard InChI is InChI=1S/C21H26N2O4S/c1-15-5-7-19(8-6-15)28(25,26)23(10-9-20(24)27-4)22-14-16-11-17-13-18(12-16)21(17,2)3/h5-11,14,17-18H,12-13H2,1-4H3/b10-9-,22-14+. The van der Waals surface area contributed by atoms with Crippen LogP contribution < -0.4 is 0 Å². The van der Waals surface area contributed by atoms with Crippen molar-refractivity contribution in [2.75, 3.05) is 7.11 Å². The Kier molecular flexibility index (Phi) is 5.48. The van der Waals surface area contributed by atoms with Gasteiger partial charge in [-0.05, 0) is 54.7 Å². The van der Waals surface area contributed by atoms with E-state index in [-0.39, 0.29) is 4.90 Å². The van der Waals surface area contributed by atoms with E-state index in [2.05, 4.69) is 29.8 Å². The van der Waals surface area contributed by atoms with Gasteiger partial charge in [-0.15, -0.1) is 0 Å². The number of nitrogens with zero attached hydrogens (tertiary/aromatic N) is 2. The lowest BCUT2D eigenvalue weighted by Gasteiger charge is -2.54. The Hall–Kier alpha value is -2.41. The molecule has 2 atom stereocenters. The van der Waals surface area contributed by atoms with E-state index in [1.54, 1.807) is 18.3 Å². The Morgan fingerprint density at radius 3 is 2.50 bits per heavy atom. The van der Waals surface area contributed by atoms with E-state index >= 15 is 0 Å². The van der Waals surface area contributed by atoms with Crippen LogP contribution in [0.4, 0.5) is 0 Å². The largest absolute Gasteiger partial charge is 0.466 e. The molecule has 1 fully saturated rings. The van der Waals surface area contributed by atoms with Crippen LogP contribution in [0.25, 0.3) is 0 Å². The van der Waals surface area contributed by atoms with Crippen LogP contribution in [0.2, 0.25) is 0 Å². The first-order chi connectivity index (χ1) is 13.1. The van der Waals surface area contributed by atoms with E-state index in [0.717, 1.165) is 34.2 Å². The summed E-state index contributed by atoms with van der Waals surface area (Å²) in [5.41, 5.74) is 2.28. The fourth-order valence-corrected chi connectivity index (χ4v) is 4.80. The summed E-state index contributed by atoms with van der Waals surface area (Å²) in [6.45, 7) is 6.42. The first-order valence-electron chi connectivity index (χ1n) is 9.26. The summed E-state index contributed by atoms with van der Waals surface area (Å²) in [6.07, 6.45) is 7.99. The number of ether oxygens (including phenoxy) is 1. The number of rotatable bonds is 6. The Labute approximate surface area is 166 Å². The van der Waals surface area contributed by atoms with E-state index < -0.39 is 16.0 Å². The third kappa shape index (κ3) is 3.90. The number of benzene rings is 1. The number of carbonyl (C=O) groups is 1. The van der Waals surface area contributed by atoms with Gasteiger partial charge in [0.05, 0.1) is 18.2 Å². The lowest BCUT2D eigenvalue weighted by Crippen LogP contribution is -2.46. The summed E-state index contributed by atoms with van der Waals surface area (Å²) in [6, 6.07) is 6.49. The van der Waals surface area contributed by atoms with Gasteiger partial charge in [0.15, 0.2) is 0 Å². The molecule has 1 saturated carbocycles. The number of aryl methyl sites for hydroxylation is 1. The number of carbonyl (C=O) groups excluding carboxylic acids is 1. The molecule has 3 aliphatic carbocycles. The number of fused-ring (bicyclic) bond motifs is 1. The van der Waals surface area contributed by atoms with Crippen LogP contribution in [-0.2, 0) is 19.6 Å². The van der Waals surface area contributed by atoms with Gasteiger partial charge in [-0.1, -0.05) is 37.6 Å². The van der Waals surface area contributed by atoms with Gasteiger partial charge < -0.3 is 4.74 Å².